The minimum atomic E-state index is 0. The average molecular weight is 485 g/mol. The summed E-state index contributed by atoms with van der Waals surface area (Å²) in [6.45, 7) is 0. The largest absolute Gasteiger partial charge is 0.456 e. The first-order valence-electron chi connectivity index (χ1n) is 12.7. The molecule has 0 aliphatic rings. The van der Waals surface area contributed by atoms with Gasteiger partial charge in [-0.3, -0.25) is 0 Å². The zero-order chi connectivity index (χ0) is 24.3. The molecule has 1 nitrogen and oxygen atoms in total. The van der Waals surface area contributed by atoms with Gasteiger partial charge in [0, 0.05) is 10.8 Å². The number of rotatable bonds is 2. The number of furan rings is 1. The van der Waals surface area contributed by atoms with Gasteiger partial charge in [-0.05, 0) is 78.8 Å². The van der Waals surface area contributed by atoms with E-state index < -0.39 is 0 Å². The minimum absolute atomic E-state index is 0. The van der Waals surface area contributed by atoms with Crippen LogP contribution in [0.2, 0.25) is 0 Å². The van der Waals surface area contributed by atoms with Crippen LogP contribution in [0.25, 0.3) is 76.5 Å². The van der Waals surface area contributed by atoms with Gasteiger partial charge in [-0.1, -0.05) is 118 Å². The molecule has 0 bridgehead atoms. The lowest BCUT2D eigenvalue weighted by Gasteiger charge is -2.17. The van der Waals surface area contributed by atoms with Gasteiger partial charge >= 0.3 is 0 Å². The second-order valence-corrected chi connectivity index (χ2v) is 9.72. The molecular formula is C36H26BO-. The van der Waals surface area contributed by atoms with Crippen LogP contribution < -0.4 is 0 Å². The van der Waals surface area contributed by atoms with Crippen molar-refractivity contribution in [2.45, 2.75) is 0 Å². The van der Waals surface area contributed by atoms with E-state index in [2.05, 4.69) is 133 Å². The third-order valence-electron chi connectivity index (χ3n) is 7.62. The Morgan fingerprint density at radius 3 is 1.47 bits per heavy atom. The molecule has 0 radical (unpaired) electrons. The van der Waals surface area contributed by atoms with Crippen molar-refractivity contribution in [3.8, 4) is 22.3 Å². The fourth-order valence-electron chi connectivity index (χ4n) is 5.97. The van der Waals surface area contributed by atoms with E-state index in [1.54, 1.807) is 0 Å². The van der Waals surface area contributed by atoms with Crippen molar-refractivity contribution < 1.29 is 4.42 Å². The lowest BCUT2D eigenvalue weighted by Crippen LogP contribution is -1.90. The zero-order valence-corrected chi connectivity index (χ0v) is 20.1. The lowest BCUT2D eigenvalue weighted by molar-refractivity contribution is 0.669. The van der Waals surface area contributed by atoms with Crippen molar-refractivity contribution in [1.29, 1.82) is 0 Å². The first kappa shape index (κ1) is 22.4. The molecule has 38 heavy (non-hydrogen) atoms. The Morgan fingerprint density at radius 1 is 0.342 bits per heavy atom. The van der Waals surface area contributed by atoms with Crippen LogP contribution in [0.4, 0.5) is 0 Å². The predicted octanol–water partition coefficient (Wildman–Crippen LogP) is 8.93. The number of benzene rings is 7. The standard InChI is InChI=1S/C36H22O.BH4/c1-2-10-23(11-3-1)35-27-14-6-8-16-29(27)36(30-17-9-7-15-28(30)35)26-18-19-33-31(21-26)32-20-24-12-4-5-13-25(24)22-34(32)37-33;/h1-22H;1H4/q;-1. The van der Waals surface area contributed by atoms with Gasteiger partial charge in [-0.15, -0.1) is 0 Å². The molecular weight excluding hydrogens is 459 g/mol. The summed E-state index contributed by atoms with van der Waals surface area (Å²) in [6.07, 6.45) is 0. The molecule has 0 aliphatic carbocycles. The van der Waals surface area contributed by atoms with E-state index in [1.807, 2.05) is 0 Å². The molecule has 0 fully saturated rings. The summed E-state index contributed by atoms with van der Waals surface area (Å²) in [5.74, 6) is 0. The van der Waals surface area contributed by atoms with Gasteiger partial charge < -0.3 is 4.42 Å². The van der Waals surface area contributed by atoms with E-state index in [-0.39, 0.29) is 8.41 Å². The zero-order valence-electron chi connectivity index (χ0n) is 20.1. The molecule has 0 unspecified atom stereocenters. The Morgan fingerprint density at radius 2 is 0.842 bits per heavy atom. The maximum absolute atomic E-state index is 6.30. The van der Waals surface area contributed by atoms with Crippen LogP contribution in [0.15, 0.2) is 138 Å². The van der Waals surface area contributed by atoms with Crippen molar-refractivity contribution in [1.82, 2.24) is 0 Å². The van der Waals surface area contributed by atoms with Crippen LogP contribution in [-0.2, 0) is 0 Å². The van der Waals surface area contributed by atoms with Crippen LogP contribution in [0, 0.1) is 0 Å². The third kappa shape index (κ3) is 3.27. The van der Waals surface area contributed by atoms with Gasteiger partial charge in [0.05, 0.1) is 0 Å². The van der Waals surface area contributed by atoms with Crippen molar-refractivity contribution in [3.63, 3.8) is 0 Å². The highest BCUT2D eigenvalue weighted by Gasteiger charge is 2.17. The molecule has 0 N–H and O–H groups in total. The van der Waals surface area contributed by atoms with Crippen molar-refractivity contribution in [2.75, 3.05) is 0 Å². The SMILES string of the molecule is [BH4-].c1ccc(-c2c3ccccc3c(-c3ccc4oc5cc6ccccc6cc5c4c3)c3ccccc23)cc1. The second kappa shape index (κ2) is 8.64. The Labute approximate surface area is 222 Å². The van der Waals surface area contributed by atoms with Crippen LogP contribution in [0.5, 0.6) is 0 Å². The summed E-state index contributed by atoms with van der Waals surface area (Å²) in [5.41, 5.74) is 6.85. The summed E-state index contributed by atoms with van der Waals surface area (Å²) in [7, 11) is 0. The quantitative estimate of drug-likeness (QED) is 0.176. The fourth-order valence-corrected chi connectivity index (χ4v) is 5.97. The average Bonchev–Trinajstić information content (AvgIpc) is 3.31. The molecule has 2 heteroatoms. The van der Waals surface area contributed by atoms with Crippen molar-refractivity contribution in [2.24, 2.45) is 0 Å². The smallest absolute Gasteiger partial charge is 0.136 e. The first-order valence-corrected chi connectivity index (χ1v) is 12.7. The molecule has 0 aliphatic heterocycles. The first-order chi connectivity index (χ1) is 18.3. The molecule has 0 spiro atoms. The Balaban J connectivity index is 0.00000242. The highest BCUT2D eigenvalue weighted by Crippen LogP contribution is 2.44. The number of fused-ring (bicyclic) bond motifs is 6. The van der Waals surface area contributed by atoms with E-state index in [4.69, 9.17) is 4.42 Å². The van der Waals surface area contributed by atoms with Crippen LogP contribution in [0.3, 0.4) is 0 Å². The monoisotopic (exact) mass is 485 g/mol. The molecule has 1 aromatic heterocycles. The lowest BCUT2D eigenvalue weighted by atomic mass is 9.86. The topological polar surface area (TPSA) is 13.1 Å². The summed E-state index contributed by atoms with van der Waals surface area (Å²) < 4.78 is 6.30. The van der Waals surface area contributed by atoms with E-state index in [9.17, 15) is 0 Å². The Kier molecular flexibility index (Phi) is 5.09. The molecule has 180 valence electrons. The minimum Gasteiger partial charge on any atom is -0.456 e. The number of hydrogen-bond acceptors (Lipinski definition) is 1. The molecule has 0 saturated heterocycles. The molecule has 0 atom stereocenters. The van der Waals surface area contributed by atoms with Crippen molar-refractivity contribution in [3.05, 3.63) is 133 Å². The van der Waals surface area contributed by atoms with Crippen LogP contribution in [-0.4, -0.2) is 8.41 Å². The molecule has 8 rings (SSSR count). The summed E-state index contributed by atoms with van der Waals surface area (Å²) >= 11 is 0. The maximum Gasteiger partial charge on any atom is 0.136 e. The van der Waals surface area contributed by atoms with E-state index >= 15 is 0 Å². The van der Waals surface area contributed by atoms with Gasteiger partial charge in [-0.25, -0.2) is 0 Å². The molecule has 8 aromatic rings. The van der Waals surface area contributed by atoms with E-state index in [0.29, 0.717) is 0 Å². The molecule has 0 saturated carbocycles. The van der Waals surface area contributed by atoms with E-state index in [0.717, 1.165) is 21.9 Å². The van der Waals surface area contributed by atoms with Crippen LogP contribution in [0.1, 0.15) is 0 Å². The Bertz CT molecular complexity index is 2080. The van der Waals surface area contributed by atoms with Gasteiger partial charge in [0.25, 0.3) is 0 Å². The Hall–Kier alpha value is -4.82. The van der Waals surface area contributed by atoms with Crippen molar-refractivity contribution >= 4 is 62.7 Å². The maximum atomic E-state index is 6.30. The molecule has 7 aromatic carbocycles. The highest BCUT2D eigenvalue weighted by molar-refractivity contribution is 6.22. The van der Waals surface area contributed by atoms with Gasteiger partial charge in [0.2, 0.25) is 0 Å². The summed E-state index contributed by atoms with van der Waals surface area (Å²) in [6, 6.07) is 47.9. The molecule has 0 amide bonds. The molecule has 1 heterocycles. The normalized spacial score (nSPS) is 11.5. The highest BCUT2D eigenvalue weighted by atomic mass is 16.3. The summed E-state index contributed by atoms with van der Waals surface area (Å²) in [5, 5.41) is 9.80. The fraction of sp³-hybridized carbons (Fsp3) is 0. The van der Waals surface area contributed by atoms with Crippen LogP contribution >= 0.6 is 0 Å². The summed E-state index contributed by atoms with van der Waals surface area (Å²) in [4.78, 5) is 0. The number of hydrogen-bond donors (Lipinski definition) is 0. The predicted molar refractivity (Wildman–Crippen MR) is 168 cm³/mol. The second-order valence-electron chi connectivity index (χ2n) is 9.72. The van der Waals surface area contributed by atoms with Gasteiger partial charge in [0.15, 0.2) is 0 Å². The third-order valence-corrected chi connectivity index (χ3v) is 7.62. The van der Waals surface area contributed by atoms with E-state index in [1.165, 1.54) is 54.6 Å². The van der Waals surface area contributed by atoms with Gasteiger partial charge in [-0.2, -0.15) is 0 Å². The van der Waals surface area contributed by atoms with Gasteiger partial charge in [0.1, 0.15) is 11.2 Å².